The van der Waals surface area contributed by atoms with E-state index in [1.54, 1.807) is 6.92 Å². The van der Waals surface area contributed by atoms with Crippen LogP contribution in [-0.4, -0.2) is 41.8 Å². The van der Waals surface area contributed by atoms with Crippen LogP contribution in [0.25, 0.3) is 11.1 Å². The fourth-order valence-corrected chi connectivity index (χ4v) is 3.97. The van der Waals surface area contributed by atoms with Gasteiger partial charge in [-0.1, -0.05) is 61.9 Å². The lowest BCUT2D eigenvalue weighted by Crippen LogP contribution is -2.44. The van der Waals surface area contributed by atoms with Crippen molar-refractivity contribution in [3.05, 3.63) is 59.7 Å². The highest BCUT2D eigenvalue weighted by Gasteiger charge is 2.29. The van der Waals surface area contributed by atoms with E-state index in [-0.39, 0.29) is 18.9 Å². The smallest absolute Gasteiger partial charge is 0.407 e. The van der Waals surface area contributed by atoms with Crippen molar-refractivity contribution < 1.29 is 24.2 Å². The maximum atomic E-state index is 12.3. The quantitative estimate of drug-likeness (QED) is 0.570. The first-order valence-corrected chi connectivity index (χ1v) is 10.5. The fraction of sp³-hybridized carbons (Fsp3) is 0.375. The topological polar surface area (TPSA) is 105 Å². The summed E-state index contributed by atoms with van der Waals surface area (Å²) in [6, 6.07) is 14.7. The zero-order chi connectivity index (χ0) is 22.4. The molecule has 0 heterocycles. The van der Waals surface area contributed by atoms with Crippen LogP contribution in [0.15, 0.2) is 48.5 Å². The second-order valence-corrected chi connectivity index (χ2v) is 7.82. The Kier molecular flexibility index (Phi) is 7.28. The first kappa shape index (κ1) is 22.3. The predicted molar refractivity (Wildman–Crippen MR) is 117 cm³/mol. The van der Waals surface area contributed by atoms with Gasteiger partial charge in [0.15, 0.2) is 0 Å². The Bertz CT molecular complexity index is 913. The van der Waals surface area contributed by atoms with Gasteiger partial charge in [0, 0.05) is 18.4 Å². The van der Waals surface area contributed by atoms with E-state index in [1.807, 2.05) is 43.3 Å². The molecule has 7 heteroatoms. The minimum Gasteiger partial charge on any atom is -0.480 e. The average molecular weight is 424 g/mol. The molecule has 3 rings (SSSR count). The van der Waals surface area contributed by atoms with Crippen LogP contribution in [0.2, 0.25) is 0 Å². The molecular formula is C24H28N2O5. The van der Waals surface area contributed by atoms with Crippen LogP contribution < -0.4 is 10.6 Å². The SMILES string of the molecule is CCCC(NC(=O)CC(C)NC(=O)OCC1c2ccccc2-c2ccccc21)C(=O)O. The van der Waals surface area contributed by atoms with E-state index >= 15 is 0 Å². The number of carboxylic acids is 1. The minimum atomic E-state index is -1.06. The fourth-order valence-electron chi connectivity index (χ4n) is 3.97. The summed E-state index contributed by atoms with van der Waals surface area (Å²) in [4.78, 5) is 35.6. The number of rotatable bonds is 9. The molecular weight excluding hydrogens is 396 g/mol. The summed E-state index contributed by atoms with van der Waals surface area (Å²) in [7, 11) is 0. The number of fused-ring (bicyclic) bond motifs is 3. The number of carboxylic acid groups (broad SMARTS) is 1. The molecule has 0 fully saturated rings. The third-order valence-corrected chi connectivity index (χ3v) is 5.41. The Hall–Kier alpha value is -3.35. The molecule has 164 valence electrons. The number of amides is 2. The molecule has 31 heavy (non-hydrogen) atoms. The number of alkyl carbamates (subject to hydrolysis) is 1. The molecule has 2 atom stereocenters. The zero-order valence-corrected chi connectivity index (χ0v) is 17.8. The molecule has 0 saturated carbocycles. The van der Waals surface area contributed by atoms with Gasteiger partial charge < -0.3 is 20.5 Å². The lowest BCUT2D eigenvalue weighted by atomic mass is 9.98. The molecule has 2 amide bonds. The van der Waals surface area contributed by atoms with E-state index in [4.69, 9.17) is 9.84 Å². The van der Waals surface area contributed by atoms with Crippen LogP contribution >= 0.6 is 0 Å². The molecule has 0 spiro atoms. The Balaban J connectivity index is 1.52. The number of carbonyl (C=O) groups is 3. The summed E-state index contributed by atoms with van der Waals surface area (Å²) in [5.41, 5.74) is 4.55. The summed E-state index contributed by atoms with van der Waals surface area (Å²) in [5.74, 6) is -1.53. The van der Waals surface area contributed by atoms with Crippen molar-refractivity contribution in [2.75, 3.05) is 6.61 Å². The van der Waals surface area contributed by atoms with Crippen LogP contribution in [0.1, 0.15) is 50.2 Å². The van der Waals surface area contributed by atoms with Crippen molar-refractivity contribution in [1.82, 2.24) is 10.6 Å². The summed E-state index contributed by atoms with van der Waals surface area (Å²) in [5, 5.41) is 14.3. The second kappa shape index (κ2) is 10.1. The summed E-state index contributed by atoms with van der Waals surface area (Å²) in [6.07, 6.45) is 0.364. The van der Waals surface area contributed by atoms with E-state index in [0.717, 1.165) is 22.3 Å². The largest absolute Gasteiger partial charge is 0.480 e. The van der Waals surface area contributed by atoms with Crippen LogP contribution in [0, 0.1) is 0 Å². The Morgan fingerprint density at radius 3 is 2.13 bits per heavy atom. The first-order valence-electron chi connectivity index (χ1n) is 10.5. The van der Waals surface area contributed by atoms with Gasteiger partial charge in [0.1, 0.15) is 12.6 Å². The standard InChI is InChI=1S/C24H28N2O5/c1-3-8-21(23(28)29)26-22(27)13-15(2)25-24(30)31-14-20-18-11-6-4-9-16(18)17-10-5-7-12-19(17)20/h4-7,9-12,15,20-21H,3,8,13-14H2,1-2H3,(H,25,30)(H,26,27)(H,28,29). The number of ether oxygens (including phenoxy) is 1. The highest BCUT2D eigenvalue weighted by atomic mass is 16.5. The van der Waals surface area contributed by atoms with Gasteiger partial charge in [-0.15, -0.1) is 0 Å². The van der Waals surface area contributed by atoms with E-state index in [9.17, 15) is 14.4 Å². The molecule has 0 saturated heterocycles. The molecule has 2 aromatic carbocycles. The number of carbonyl (C=O) groups excluding carboxylic acids is 2. The first-order chi connectivity index (χ1) is 14.9. The van der Waals surface area contributed by atoms with Crippen molar-refractivity contribution in [1.29, 1.82) is 0 Å². The highest BCUT2D eigenvalue weighted by molar-refractivity contribution is 5.84. The van der Waals surface area contributed by atoms with Crippen molar-refractivity contribution in [3.63, 3.8) is 0 Å². The second-order valence-electron chi connectivity index (χ2n) is 7.82. The maximum Gasteiger partial charge on any atom is 0.407 e. The van der Waals surface area contributed by atoms with Crippen LogP contribution in [0.4, 0.5) is 4.79 Å². The van der Waals surface area contributed by atoms with Gasteiger partial charge >= 0.3 is 12.1 Å². The molecule has 1 aliphatic rings. The monoisotopic (exact) mass is 424 g/mol. The minimum absolute atomic E-state index is 0.0301. The molecule has 2 unspecified atom stereocenters. The van der Waals surface area contributed by atoms with Gasteiger partial charge in [0.2, 0.25) is 5.91 Å². The van der Waals surface area contributed by atoms with Crippen LogP contribution in [0.5, 0.6) is 0 Å². The van der Waals surface area contributed by atoms with Gasteiger partial charge in [0.05, 0.1) is 0 Å². The maximum absolute atomic E-state index is 12.3. The summed E-state index contributed by atoms with van der Waals surface area (Å²) in [6.45, 7) is 3.72. The van der Waals surface area contributed by atoms with Gasteiger partial charge in [-0.25, -0.2) is 9.59 Å². The van der Waals surface area contributed by atoms with E-state index < -0.39 is 30.1 Å². The Labute approximate surface area is 181 Å². The average Bonchev–Trinajstić information content (AvgIpc) is 3.05. The third kappa shape index (κ3) is 5.42. The molecule has 0 aromatic heterocycles. The summed E-state index contributed by atoms with van der Waals surface area (Å²) < 4.78 is 5.47. The van der Waals surface area contributed by atoms with Crippen molar-refractivity contribution in [3.8, 4) is 11.1 Å². The van der Waals surface area contributed by atoms with Crippen LogP contribution in [-0.2, 0) is 14.3 Å². The molecule has 7 nitrogen and oxygen atoms in total. The summed E-state index contributed by atoms with van der Waals surface area (Å²) >= 11 is 0. The number of hydrogen-bond acceptors (Lipinski definition) is 4. The lowest BCUT2D eigenvalue weighted by Gasteiger charge is -2.18. The number of hydrogen-bond donors (Lipinski definition) is 3. The number of nitrogens with one attached hydrogen (secondary N) is 2. The van der Waals surface area contributed by atoms with E-state index in [0.29, 0.717) is 12.8 Å². The van der Waals surface area contributed by atoms with E-state index in [1.165, 1.54) is 0 Å². The molecule has 0 bridgehead atoms. The van der Waals surface area contributed by atoms with Crippen LogP contribution in [0.3, 0.4) is 0 Å². The third-order valence-electron chi connectivity index (χ3n) is 5.41. The van der Waals surface area contributed by atoms with Crippen molar-refractivity contribution in [2.24, 2.45) is 0 Å². The number of aliphatic carboxylic acids is 1. The van der Waals surface area contributed by atoms with Gasteiger partial charge in [-0.2, -0.15) is 0 Å². The van der Waals surface area contributed by atoms with Crippen molar-refractivity contribution in [2.45, 2.75) is 51.1 Å². The Morgan fingerprint density at radius 2 is 1.58 bits per heavy atom. The zero-order valence-electron chi connectivity index (χ0n) is 17.8. The molecule has 0 aliphatic heterocycles. The predicted octanol–water partition coefficient (Wildman–Crippen LogP) is 3.67. The normalized spacial score (nSPS) is 14.1. The number of benzene rings is 2. The highest BCUT2D eigenvalue weighted by Crippen LogP contribution is 2.44. The van der Waals surface area contributed by atoms with Gasteiger partial charge in [-0.3, -0.25) is 4.79 Å². The van der Waals surface area contributed by atoms with E-state index in [2.05, 4.69) is 22.8 Å². The molecule has 0 radical (unpaired) electrons. The van der Waals surface area contributed by atoms with Gasteiger partial charge in [-0.05, 0) is 35.6 Å². The molecule has 3 N–H and O–H groups in total. The van der Waals surface area contributed by atoms with Gasteiger partial charge in [0.25, 0.3) is 0 Å². The lowest BCUT2D eigenvalue weighted by molar-refractivity contribution is -0.142. The molecule has 1 aliphatic carbocycles. The molecule has 2 aromatic rings. The van der Waals surface area contributed by atoms with Crippen molar-refractivity contribution >= 4 is 18.0 Å². The Morgan fingerprint density at radius 1 is 1.00 bits per heavy atom.